The van der Waals surface area contributed by atoms with E-state index >= 15 is 0 Å². The number of para-hydroxylation sites is 1. The van der Waals surface area contributed by atoms with Crippen molar-refractivity contribution in [2.24, 2.45) is 0 Å². The standard InChI is InChI=1S/C17H18ClNO3S/c1-12-4-3-5-13(2)17(12)19-16(20)10-11-23(21,22)15-8-6-14(18)7-9-15/h3-9H,10-11H2,1-2H3,(H,19,20). The molecule has 122 valence electrons. The van der Waals surface area contributed by atoms with Gasteiger partial charge in [0.2, 0.25) is 5.91 Å². The van der Waals surface area contributed by atoms with Crippen LogP contribution in [0.25, 0.3) is 0 Å². The molecule has 0 saturated carbocycles. The Morgan fingerprint density at radius 2 is 1.61 bits per heavy atom. The lowest BCUT2D eigenvalue weighted by atomic mass is 10.1. The predicted molar refractivity (Wildman–Crippen MR) is 92.7 cm³/mol. The fraction of sp³-hybridized carbons (Fsp3) is 0.235. The predicted octanol–water partition coefficient (Wildman–Crippen LogP) is 3.76. The van der Waals surface area contributed by atoms with Crippen LogP contribution < -0.4 is 5.32 Å². The van der Waals surface area contributed by atoms with Gasteiger partial charge in [-0.1, -0.05) is 29.8 Å². The monoisotopic (exact) mass is 351 g/mol. The molecule has 0 aliphatic carbocycles. The van der Waals surface area contributed by atoms with Crippen LogP contribution in [0.1, 0.15) is 17.5 Å². The molecule has 0 spiro atoms. The molecule has 6 heteroatoms. The van der Waals surface area contributed by atoms with Gasteiger partial charge in [0.25, 0.3) is 0 Å². The minimum absolute atomic E-state index is 0.0985. The van der Waals surface area contributed by atoms with Crippen molar-refractivity contribution in [3.63, 3.8) is 0 Å². The van der Waals surface area contributed by atoms with Gasteiger partial charge < -0.3 is 5.32 Å². The van der Waals surface area contributed by atoms with Crippen LogP contribution in [-0.2, 0) is 14.6 Å². The molecule has 1 amide bonds. The number of carbonyl (C=O) groups excluding carboxylic acids is 1. The van der Waals surface area contributed by atoms with Crippen molar-refractivity contribution in [3.05, 3.63) is 58.6 Å². The number of amides is 1. The Bertz CT molecular complexity index is 794. The fourth-order valence-corrected chi connectivity index (χ4v) is 3.57. The summed E-state index contributed by atoms with van der Waals surface area (Å²) in [7, 11) is -3.50. The number of hydrogen-bond acceptors (Lipinski definition) is 3. The summed E-state index contributed by atoms with van der Waals surface area (Å²) in [5.41, 5.74) is 2.62. The number of halogens is 1. The molecule has 0 unspecified atom stereocenters. The summed E-state index contributed by atoms with van der Waals surface area (Å²) in [5, 5.41) is 3.26. The smallest absolute Gasteiger partial charge is 0.225 e. The molecular formula is C17H18ClNO3S. The lowest BCUT2D eigenvalue weighted by Gasteiger charge is -2.11. The molecule has 2 aromatic carbocycles. The molecule has 0 aliphatic rings. The molecule has 23 heavy (non-hydrogen) atoms. The third kappa shape index (κ3) is 4.56. The van der Waals surface area contributed by atoms with Crippen molar-refractivity contribution >= 4 is 33.0 Å². The summed E-state index contributed by atoms with van der Waals surface area (Å²) in [4.78, 5) is 12.2. The highest BCUT2D eigenvalue weighted by molar-refractivity contribution is 7.91. The van der Waals surface area contributed by atoms with Gasteiger partial charge in [-0.15, -0.1) is 0 Å². The zero-order valence-corrected chi connectivity index (χ0v) is 14.5. The van der Waals surface area contributed by atoms with Crippen molar-refractivity contribution in [2.45, 2.75) is 25.2 Å². The van der Waals surface area contributed by atoms with E-state index in [-0.39, 0.29) is 23.0 Å². The Morgan fingerprint density at radius 1 is 1.04 bits per heavy atom. The van der Waals surface area contributed by atoms with Crippen molar-refractivity contribution in [1.82, 2.24) is 0 Å². The van der Waals surface area contributed by atoms with E-state index in [0.29, 0.717) is 5.02 Å². The highest BCUT2D eigenvalue weighted by Crippen LogP contribution is 2.20. The van der Waals surface area contributed by atoms with Crippen LogP contribution in [0.15, 0.2) is 47.4 Å². The lowest BCUT2D eigenvalue weighted by Crippen LogP contribution is -2.18. The zero-order valence-electron chi connectivity index (χ0n) is 13.0. The van der Waals surface area contributed by atoms with Crippen LogP contribution in [-0.4, -0.2) is 20.1 Å². The number of carbonyl (C=O) groups is 1. The number of anilines is 1. The van der Waals surface area contributed by atoms with E-state index in [9.17, 15) is 13.2 Å². The maximum absolute atomic E-state index is 12.2. The Kier molecular flexibility index (Phi) is 5.44. The van der Waals surface area contributed by atoms with Crippen LogP contribution in [0.3, 0.4) is 0 Å². The van der Waals surface area contributed by atoms with Gasteiger partial charge in [0.15, 0.2) is 9.84 Å². The van der Waals surface area contributed by atoms with E-state index < -0.39 is 9.84 Å². The average molecular weight is 352 g/mol. The summed E-state index contributed by atoms with van der Waals surface area (Å²) in [5.74, 6) is -0.564. The summed E-state index contributed by atoms with van der Waals surface area (Å²) < 4.78 is 24.4. The molecule has 0 radical (unpaired) electrons. The second-order valence-corrected chi connectivity index (χ2v) is 7.88. The van der Waals surface area contributed by atoms with Crippen LogP contribution in [0, 0.1) is 13.8 Å². The highest BCUT2D eigenvalue weighted by atomic mass is 35.5. The average Bonchev–Trinajstić information content (AvgIpc) is 2.50. The second kappa shape index (κ2) is 7.15. The normalized spacial score (nSPS) is 11.3. The first-order valence-electron chi connectivity index (χ1n) is 7.14. The van der Waals surface area contributed by atoms with Crippen LogP contribution >= 0.6 is 11.6 Å². The molecule has 2 aromatic rings. The number of sulfone groups is 1. The van der Waals surface area contributed by atoms with Gasteiger partial charge in [0, 0.05) is 17.1 Å². The third-order valence-corrected chi connectivity index (χ3v) is 5.50. The quantitative estimate of drug-likeness (QED) is 0.892. The van der Waals surface area contributed by atoms with Gasteiger partial charge in [-0.25, -0.2) is 8.42 Å². The van der Waals surface area contributed by atoms with E-state index in [0.717, 1.165) is 16.8 Å². The minimum atomic E-state index is -3.50. The molecule has 1 N–H and O–H groups in total. The zero-order chi connectivity index (χ0) is 17.0. The van der Waals surface area contributed by atoms with Crippen molar-refractivity contribution in [1.29, 1.82) is 0 Å². The lowest BCUT2D eigenvalue weighted by molar-refractivity contribution is -0.115. The van der Waals surface area contributed by atoms with Gasteiger partial charge in [-0.2, -0.15) is 0 Å². The molecule has 0 atom stereocenters. The first-order valence-corrected chi connectivity index (χ1v) is 9.17. The van der Waals surface area contributed by atoms with E-state index in [2.05, 4.69) is 5.32 Å². The highest BCUT2D eigenvalue weighted by Gasteiger charge is 2.17. The van der Waals surface area contributed by atoms with Gasteiger partial charge in [0.1, 0.15) is 0 Å². The molecule has 0 fully saturated rings. The van der Waals surface area contributed by atoms with Crippen molar-refractivity contribution in [3.8, 4) is 0 Å². The van der Waals surface area contributed by atoms with Gasteiger partial charge in [-0.05, 0) is 49.2 Å². The Balaban J connectivity index is 2.03. The molecule has 4 nitrogen and oxygen atoms in total. The van der Waals surface area contributed by atoms with Crippen LogP contribution in [0.2, 0.25) is 5.02 Å². The number of benzene rings is 2. The molecule has 0 heterocycles. The number of nitrogens with one attached hydrogen (secondary N) is 1. The topological polar surface area (TPSA) is 63.2 Å². The molecule has 0 aliphatic heterocycles. The number of aryl methyl sites for hydroxylation is 2. The van der Waals surface area contributed by atoms with Crippen LogP contribution in [0.4, 0.5) is 5.69 Å². The van der Waals surface area contributed by atoms with E-state index in [4.69, 9.17) is 11.6 Å². The van der Waals surface area contributed by atoms with E-state index in [1.165, 1.54) is 24.3 Å². The molecular weight excluding hydrogens is 334 g/mol. The summed E-state index contributed by atoms with van der Waals surface area (Å²) in [6.45, 7) is 3.79. The van der Waals surface area contributed by atoms with Crippen molar-refractivity contribution < 1.29 is 13.2 Å². The van der Waals surface area contributed by atoms with E-state index in [1.807, 2.05) is 32.0 Å². The number of rotatable bonds is 5. The first-order chi connectivity index (χ1) is 10.8. The van der Waals surface area contributed by atoms with Gasteiger partial charge >= 0.3 is 0 Å². The summed E-state index contributed by atoms with van der Waals surface area (Å²) in [6, 6.07) is 11.6. The fourth-order valence-electron chi connectivity index (χ4n) is 2.20. The first kappa shape index (κ1) is 17.5. The minimum Gasteiger partial charge on any atom is -0.326 e. The summed E-state index contributed by atoms with van der Waals surface area (Å²) >= 11 is 5.75. The third-order valence-electron chi connectivity index (χ3n) is 3.52. The molecule has 2 rings (SSSR count). The Hall–Kier alpha value is -1.85. The molecule has 0 saturated heterocycles. The van der Waals surface area contributed by atoms with E-state index in [1.54, 1.807) is 0 Å². The van der Waals surface area contributed by atoms with Crippen molar-refractivity contribution in [2.75, 3.05) is 11.1 Å². The van der Waals surface area contributed by atoms with Gasteiger partial charge in [-0.3, -0.25) is 4.79 Å². The Labute approximate surface area is 141 Å². The largest absolute Gasteiger partial charge is 0.326 e. The SMILES string of the molecule is Cc1cccc(C)c1NC(=O)CCS(=O)(=O)c1ccc(Cl)cc1. The second-order valence-electron chi connectivity index (χ2n) is 5.34. The summed E-state index contributed by atoms with van der Waals surface area (Å²) in [6.07, 6.45) is -0.0985. The van der Waals surface area contributed by atoms with Crippen LogP contribution in [0.5, 0.6) is 0 Å². The maximum Gasteiger partial charge on any atom is 0.225 e. The Morgan fingerprint density at radius 3 is 2.17 bits per heavy atom. The maximum atomic E-state index is 12.2. The van der Waals surface area contributed by atoms with Gasteiger partial charge in [0.05, 0.1) is 10.6 Å². The molecule has 0 bridgehead atoms. The number of hydrogen-bond donors (Lipinski definition) is 1. The molecule has 0 aromatic heterocycles.